The predicted molar refractivity (Wildman–Crippen MR) is 94.3 cm³/mol. The smallest absolute Gasteiger partial charge is 0.233 e. The Morgan fingerprint density at radius 1 is 1.17 bits per heavy atom. The second kappa shape index (κ2) is 6.87. The van der Waals surface area contributed by atoms with Gasteiger partial charge in [-0.05, 0) is 24.6 Å². The predicted octanol–water partition coefficient (Wildman–Crippen LogP) is 3.37. The van der Waals surface area contributed by atoms with Gasteiger partial charge in [-0.25, -0.2) is 4.98 Å². The van der Waals surface area contributed by atoms with Crippen molar-refractivity contribution in [3.05, 3.63) is 60.2 Å². The van der Waals surface area contributed by atoms with Crippen molar-refractivity contribution >= 4 is 28.7 Å². The second-order valence-corrected chi connectivity index (χ2v) is 6.71. The molecule has 0 saturated heterocycles. The Kier molecular flexibility index (Phi) is 4.67. The number of thioether (sulfide) groups is 1. The van der Waals surface area contributed by atoms with Crippen molar-refractivity contribution in [1.82, 2.24) is 14.9 Å². The first-order valence-corrected chi connectivity index (χ1v) is 8.43. The van der Waals surface area contributed by atoms with E-state index in [1.165, 1.54) is 11.8 Å². The molecule has 1 atom stereocenters. The Bertz CT molecular complexity index is 814. The highest BCUT2D eigenvalue weighted by Crippen LogP contribution is 2.26. The van der Waals surface area contributed by atoms with Crippen LogP contribution in [0.15, 0.2) is 59.8 Å². The number of nitrogens with one attached hydrogen (secondary N) is 1. The van der Waals surface area contributed by atoms with Crippen LogP contribution in [0.4, 0.5) is 0 Å². The van der Waals surface area contributed by atoms with Crippen LogP contribution in [0.5, 0.6) is 0 Å². The third-order valence-corrected chi connectivity index (χ3v) is 4.85. The van der Waals surface area contributed by atoms with E-state index >= 15 is 0 Å². The molecular weight excluding hydrogens is 306 g/mol. The molecule has 23 heavy (non-hydrogen) atoms. The van der Waals surface area contributed by atoms with Gasteiger partial charge < -0.3 is 9.88 Å². The Morgan fingerprint density at radius 2 is 1.87 bits per heavy atom. The molecule has 1 amide bonds. The van der Waals surface area contributed by atoms with Gasteiger partial charge in [0.25, 0.3) is 0 Å². The number of rotatable bonds is 5. The summed E-state index contributed by atoms with van der Waals surface area (Å²) in [6.07, 6.45) is 0. The number of hydrogen-bond donors (Lipinski definition) is 1. The molecule has 5 heteroatoms. The third kappa shape index (κ3) is 3.56. The van der Waals surface area contributed by atoms with Crippen LogP contribution in [-0.2, 0) is 18.4 Å². The number of aromatic nitrogens is 2. The van der Waals surface area contributed by atoms with Crippen LogP contribution < -0.4 is 5.32 Å². The summed E-state index contributed by atoms with van der Waals surface area (Å²) in [5.41, 5.74) is 3.13. The quantitative estimate of drug-likeness (QED) is 0.732. The van der Waals surface area contributed by atoms with E-state index in [9.17, 15) is 4.79 Å². The fraction of sp³-hybridized carbons (Fsp3) is 0.222. The Morgan fingerprint density at radius 3 is 2.61 bits per heavy atom. The normalized spacial score (nSPS) is 12.3. The van der Waals surface area contributed by atoms with E-state index in [1.54, 1.807) is 0 Å². The number of para-hydroxylation sites is 2. The zero-order valence-electron chi connectivity index (χ0n) is 13.2. The molecule has 0 aliphatic carbocycles. The molecule has 4 nitrogen and oxygen atoms in total. The molecule has 2 aromatic carbocycles. The molecule has 0 fully saturated rings. The molecule has 1 unspecified atom stereocenters. The first kappa shape index (κ1) is 15.6. The summed E-state index contributed by atoms with van der Waals surface area (Å²) in [6.45, 7) is 2.46. The molecule has 1 N–H and O–H groups in total. The number of carbonyl (C=O) groups is 1. The van der Waals surface area contributed by atoms with E-state index in [0.717, 1.165) is 21.8 Å². The zero-order chi connectivity index (χ0) is 16.2. The lowest BCUT2D eigenvalue weighted by Gasteiger charge is -2.11. The van der Waals surface area contributed by atoms with E-state index in [4.69, 9.17) is 0 Å². The van der Waals surface area contributed by atoms with Crippen molar-refractivity contribution in [3.8, 4) is 0 Å². The minimum absolute atomic E-state index is 0.0194. The summed E-state index contributed by atoms with van der Waals surface area (Å²) in [6, 6.07) is 17.9. The van der Waals surface area contributed by atoms with E-state index in [0.29, 0.717) is 6.54 Å². The summed E-state index contributed by atoms with van der Waals surface area (Å²) in [7, 11) is 1.98. The number of aryl methyl sites for hydroxylation is 1. The minimum Gasteiger partial charge on any atom is -0.351 e. The molecule has 0 radical (unpaired) electrons. The largest absolute Gasteiger partial charge is 0.351 e. The summed E-state index contributed by atoms with van der Waals surface area (Å²) >= 11 is 1.48. The van der Waals surface area contributed by atoms with E-state index < -0.39 is 0 Å². The highest BCUT2D eigenvalue weighted by atomic mass is 32.2. The maximum Gasteiger partial charge on any atom is 0.233 e. The molecule has 0 spiro atoms. The maximum absolute atomic E-state index is 12.3. The van der Waals surface area contributed by atoms with Gasteiger partial charge in [0.15, 0.2) is 5.16 Å². The van der Waals surface area contributed by atoms with Gasteiger partial charge in [0, 0.05) is 13.6 Å². The van der Waals surface area contributed by atoms with E-state index in [-0.39, 0.29) is 11.2 Å². The molecule has 3 aromatic rings. The lowest BCUT2D eigenvalue weighted by Crippen LogP contribution is -2.30. The standard InChI is InChI=1S/C18H19N3OS/c1-13(17(22)19-12-14-8-4-3-5-9-14)23-18-20-15-10-6-7-11-16(15)21(18)2/h3-11,13H,12H2,1-2H3,(H,19,22). The molecule has 1 heterocycles. The first-order chi connectivity index (χ1) is 11.1. The van der Waals surface area contributed by atoms with Crippen molar-refractivity contribution in [2.45, 2.75) is 23.9 Å². The van der Waals surface area contributed by atoms with Gasteiger partial charge in [-0.1, -0.05) is 54.2 Å². The summed E-state index contributed by atoms with van der Waals surface area (Å²) in [5, 5.41) is 3.63. The lowest BCUT2D eigenvalue weighted by molar-refractivity contribution is -0.120. The number of benzene rings is 2. The molecule has 1 aromatic heterocycles. The van der Waals surface area contributed by atoms with Gasteiger partial charge in [0.2, 0.25) is 5.91 Å². The van der Waals surface area contributed by atoms with Gasteiger partial charge in [-0.15, -0.1) is 0 Å². The van der Waals surface area contributed by atoms with Gasteiger partial charge in [-0.3, -0.25) is 4.79 Å². The molecule has 0 saturated carbocycles. The fourth-order valence-electron chi connectivity index (χ4n) is 2.37. The van der Waals surface area contributed by atoms with Crippen molar-refractivity contribution in [2.24, 2.45) is 7.05 Å². The van der Waals surface area contributed by atoms with Gasteiger partial charge in [0.1, 0.15) is 0 Å². The SMILES string of the molecule is CC(Sc1nc2ccccc2n1C)C(=O)NCc1ccccc1. The molecule has 0 aliphatic rings. The Balaban J connectivity index is 1.64. The average Bonchev–Trinajstić information content (AvgIpc) is 2.90. The van der Waals surface area contributed by atoms with Crippen LogP contribution in [0, 0.1) is 0 Å². The summed E-state index contributed by atoms with van der Waals surface area (Å²) < 4.78 is 2.03. The van der Waals surface area contributed by atoms with E-state index in [2.05, 4.69) is 10.3 Å². The average molecular weight is 325 g/mol. The lowest BCUT2D eigenvalue weighted by atomic mass is 10.2. The van der Waals surface area contributed by atoms with Crippen molar-refractivity contribution in [1.29, 1.82) is 0 Å². The zero-order valence-corrected chi connectivity index (χ0v) is 14.0. The van der Waals surface area contributed by atoms with Crippen LogP contribution in [-0.4, -0.2) is 20.7 Å². The second-order valence-electron chi connectivity index (χ2n) is 5.41. The first-order valence-electron chi connectivity index (χ1n) is 7.55. The highest BCUT2D eigenvalue weighted by molar-refractivity contribution is 8.00. The highest BCUT2D eigenvalue weighted by Gasteiger charge is 2.17. The molecular formula is C18H19N3OS. The number of nitrogens with zero attached hydrogens (tertiary/aromatic N) is 2. The van der Waals surface area contributed by atoms with Crippen LogP contribution in [0.25, 0.3) is 11.0 Å². The monoisotopic (exact) mass is 325 g/mol. The van der Waals surface area contributed by atoms with E-state index in [1.807, 2.05) is 73.1 Å². The van der Waals surface area contributed by atoms with Gasteiger partial charge >= 0.3 is 0 Å². The maximum atomic E-state index is 12.3. The van der Waals surface area contributed by atoms with Crippen LogP contribution in [0.1, 0.15) is 12.5 Å². The minimum atomic E-state index is -0.200. The van der Waals surface area contributed by atoms with Crippen LogP contribution in [0.3, 0.4) is 0 Å². The number of amides is 1. The van der Waals surface area contributed by atoms with Crippen molar-refractivity contribution < 1.29 is 4.79 Å². The van der Waals surface area contributed by atoms with Crippen molar-refractivity contribution in [2.75, 3.05) is 0 Å². The summed E-state index contributed by atoms with van der Waals surface area (Å²) in [4.78, 5) is 16.9. The number of carbonyl (C=O) groups excluding carboxylic acids is 1. The Hall–Kier alpha value is -2.27. The van der Waals surface area contributed by atoms with Crippen LogP contribution in [0.2, 0.25) is 0 Å². The number of imidazole rings is 1. The number of fused-ring (bicyclic) bond motifs is 1. The van der Waals surface area contributed by atoms with Crippen LogP contribution >= 0.6 is 11.8 Å². The third-order valence-electron chi connectivity index (χ3n) is 3.71. The van der Waals surface area contributed by atoms with Gasteiger partial charge in [-0.2, -0.15) is 0 Å². The van der Waals surface area contributed by atoms with Crippen molar-refractivity contribution in [3.63, 3.8) is 0 Å². The number of hydrogen-bond acceptors (Lipinski definition) is 3. The summed E-state index contributed by atoms with van der Waals surface area (Å²) in [5.74, 6) is 0.0194. The topological polar surface area (TPSA) is 46.9 Å². The molecule has 0 aliphatic heterocycles. The Labute approximate surface area is 139 Å². The molecule has 118 valence electrons. The fourth-order valence-corrected chi connectivity index (χ4v) is 3.28. The molecule has 0 bridgehead atoms. The van der Waals surface area contributed by atoms with Gasteiger partial charge in [0.05, 0.1) is 16.3 Å². The molecule has 3 rings (SSSR count).